The number of aromatic nitrogens is 1. The summed E-state index contributed by atoms with van der Waals surface area (Å²) in [5.74, 6) is 0.254. The largest absolute Gasteiger partial charge is 0.342 e. The Labute approximate surface area is 176 Å². The highest BCUT2D eigenvalue weighted by atomic mass is 32.1. The average molecular weight is 407 g/mol. The lowest BCUT2D eigenvalue weighted by Gasteiger charge is -2.18. The second-order valence-corrected chi connectivity index (χ2v) is 8.44. The Morgan fingerprint density at radius 2 is 1.62 bits per heavy atom. The number of amides is 1. The molecule has 29 heavy (non-hydrogen) atoms. The van der Waals surface area contributed by atoms with Crippen LogP contribution in [0.15, 0.2) is 66.0 Å². The minimum Gasteiger partial charge on any atom is -0.342 e. The Morgan fingerprint density at radius 3 is 2.28 bits per heavy atom. The number of ketones is 1. The predicted molar refractivity (Wildman–Crippen MR) is 118 cm³/mol. The first-order valence-corrected chi connectivity index (χ1v) is 10.8. The fourth-order valence-electron chi connectivity index (χ4n) is 3.05. The first-order valence-electron chi connectivity index (χ1n) is 9.91. The van der Waals surface area contributed by atoms with Crippen LogP contribution in [-0.4, -0.2) is 22.7 Å². The molecule has 0 bridgehead atoms. The summed E-state index contributed by atoms with van der Waals surface area (Å²) in [7, 11) is 0. The van der Waals surface area contributed by atoms with Crippen molar-refractivity contribution in [1.82, 2.24) is 10.3 Å². The third-order valence-electron chi connectivity index (χ3n) is 4.71. The number of carbonyl (C=O) groups excluding carboxylic acids is 2. The van der Waals surface area contributed by atoms with Crippen LogP contribution in [0.25, 0.3) is 11.3 Å². The monoisotopic (exact) mass is 406 g/mol. The quantitative estimate of drug-likeness (QED) is 0.534. The van der Waals surface area contributed by atoms with Gasteiger partial charge in [-0.15, -0.1) is 11.3 Å². The molecule has 0 saturated heterocycles. The van der Waals surface area contributed by atoms with Gasteiger partial charge in [-0.05, 0) is 30.9 Å². The summed E-state index contributed by atoms with van der Waals surface area (Å²) in [4.78, 5) is 30.2. The SMILES string of the molecule is CC(C)CC[C@H](NC(=O)c1ccccc1)C(=O)Cc1nc(-c2ccccc2)cs1. The van der Waals surface area contributed by atoms with Crippen LogP contribution in [0.1, 0.15) is 42.1 Å². The van der Waals surface area contributed by atoms with Gasteiger partial charge in [-0.3, -0.25) is 9.59 Å². The molecular formula is C24H26N2O2S. The fourth-order valence-corrected chi connectivity index (χ4v) is 3.86. The number of rotatable bonds is 9. The van der Waals surface area contributed by atoms with Crippen LogP contribution in [-0.2, 0) is 11.2 Å². The number of carbonyl (C=O) groups is 2. The lowest BCUT2D eigenvalue weighted by atomic mass is 9.98. The van der Waals surface area contributed by atoms with Crippen LogP contribution in [0.3, 0.4) is 0 Å². The molecule has 0 saturated carbocycles. The summed E-state index contributed by atoms with van der Waals surface area (Å²) in [6.45, 7) is 4.24. The van der Waals surface area contributed by atoms with Crippen LogP contribution in [0.4, 0.5) is 0 Å². The Bertz CT molecular complexity index is 936. The van der Waals surface area contributed by atoms with E-state index in [1.54, 1.807) is 12.1 Å². The minimum atomic E-state index is -0.505. The van der Waals surface area contributed by atoms with E-state index < -0.39 is 6.04 Å². The van der Waals surface area contributed by atoms with Gasteiger partial charge in [0.25, 0.3) is 5.91 Å². The highest BCUT2D eigenvalue weighted by molar-refractivity contribution is 7.10. The van der Waals surface area contributed by atoms with Gasteiger partial charge in [0.2, 0.25) is 0 Å². The van der Waals surface area contributed by atoms with E-state index in [9.17, 15) is 9.59 Å². The lowest BCUT2D eigenvalue weighted by molar-refractivity contribution is -0.120. The average Bonchev–Trinajstić information content (AvgIpc) is 3.20. The summed E-state index contributed by atoms with van der Waals surface area (Å²) in [5, 5.41) is 5.69. The van der Waals surface area contributed by atoms with Gasteiger partial charge in [0, 0.05) is 16.5 Å². The van der Waals surface area contributed by atoms with E-state index in [-0.39, 0.29) is 18.1 Å². The molecule has 1 heterocycles. The zero-order chi connectivity index (χ0) is 20.6. The molecule has 3 rings (SSSR count). The molecule has 1 atom stereocenters. The van der Waals surface area contributed by atoms with E-state index in [1.807, 2.05) is 53.9 Å². The molecule has 0 spiro atoms. The van der Waals surface area contributed by atoms with Gasteiger partial charge in [-0.1, -0.05) is 62.4 Å². The molecule has 1 amide bonds. The fraction of sp³-hybridized carbons (Fsp3) is 0.292. The summed E-state index contributed by atoms with van der Waals surface area (Å²) in [6.07, 6.45) is 1.74. The van der Waals surface area contributed by atoms with Gasteiger partial charge in [-0.2, -0.15) is 0 Å². The summed E-state index contributed by atoms with van der Waals surface area (Å²) < 4.78 is 0. The van der Waals surface area contributed by atoms with Gasteiger partial charge in [-0.25, -0.2) is 4.98 Å². The molecule has 3 aromatic rings. The number of benzene rings is 2. The lowest BCUT2D eigenvalue weighted by Crippen LogP contribution is -2.41. The van der Waals surface area contributed by atoms with E-state index in [4.69, 9.17) is 0 Å². The van der Waals surface area contributed by atoms with Crippen LogP contribution in [0, 0.1) is 5.92 Å². The van der Waals surface area contributed by atoms with Crippen molar-refractivity contribution in [1.29, 1.82) is 0 Å². The van der Waals surface area contributed by atoms with E-state index in [1.165, 1.54) is 11.3 Å². The molecule has 5 heteroatoms. The van der Waals surface area contributed by atoms with Crippen LogP contribution < -0.4 is 5.32 Å². The topological polar surface area (TPSA) is 59.1 Å². The Balaban J connectivity index is 1.69. The smallest absolute Gasteiger partial charge is 0.251 e. The number of hydrogen-bond acceptors (Lipinski definition) is 4. The Morgan fingerprint density at radius 1 is 0.966 bits per heavy atom. The van der Waals surface area contributed by atoms with Crippen LogP contribution >= 0.6 is 11.3 Å². The maximum absolute atomic E-state index is 13.0. The number of nitrogens with one attached hydrogen (secondary N) is 1. The number of thiazole rings is 1. The second kappa shape index (κ2) is 10.1. The van der Waals surface area contributed by atoms with Gasteiger partial charge in [0.1, 0.15) is 5.01 Å². The highest BCUT2D eigenvalue weighted by Crippen LogP contribution is 2.22. The van der Waals surface area contributed by atoms with E-state index in [0.717, 1.165) is 22.7 Å². The van der Waals surface area contributed by atoms with E-state index in [0.29, 0.717) is 17.9 Å². The molecule has 0 aliphatic carbocycles. The van der Waals surface area contributed by atoms with Crippen molar-refractivity contribution in [3.05, 3.63) is 76.6 Å². The molecule has 1 aromatic heterocycles. The van der Waals surface area contributed by atoms with Crippen molar-refractivity contribution in [2.75, 3.05) is 0 Å². The zero-order valence-corrected chi connectivity index (χ0v) is 17.6. The Kier molecular flexibility index (Phi) is 7.30. The van der Waals surface area contributed by atoms with Crippen molar-refractivity contribution >= 4 is 23.0 Å². The minimum absolute atomic E-state index is 0.00360. The van der Waals surface area contributed by atoms with E-state index in [2.05, 4.69) is 24.1 Å². The van der Waals surface area contributed by atoms with Gasteiger partial charge >= 0.3 is 0 Å². The molecule has 1 N–H and O–H groups in total. The van der Waals surface area contributed by atoms with E-state index >= 15 is 0 Å². The molecule has 0 aliphatic rings. The third kappa shape index (κ3) is 6.09. The standard InChI is InChI=1S/C24H26N2O2S/c1-17(2)13-14-20(26-24(28)19-11-7-4-8-12-19)22(27)15-23-25-21(16-29-23)18-9-5-3-6-10-18/h3-12,16-17,20H,13-15H2,1-2H3,(H,26,28)/t20-/m0/s1. The first kappa shape index (κ1) is 20.9. The van der Waals surface area contributed by atoms with Crippen LogP contribution in [0.2, 0.25) is 0 Å². The summed E-state index contributed by atoms with van der Waals surface area (Å²) in [6, 6.07) is 18.4. The van der Waals surface area contributed by atoms with Gasteiger partial charge < -0.3 is 5.32 Å². The highest BCUT2D eigenvalue weighted by Gasteiger charge is 2.23. The van der Waals surface area contributed by atoms with Crippen molar-refractivity contribution in [2.45, 2.75) is 39.2 Å². The summed E-state index contributed by atoms with van der Waals surface area (Å²) in [5.41, 5.74) is 2.48. The number of hydrogen-bond donors (Lipinski definition) is 1. The number of nitrogens with zero attached hydrogens (tertiary/aromatic N) is 1. The zero-order valence-electron chi connectivity index (χ0n) is 16.8. The van der Waals surface area contributed by atoms with Gasteiger partial charge in [0.05, 0.1) is 18.2 Å². The van der Waals surface area contributed by atoms with Crippen molar-refractivity contribution in [3.63, 3.8) is 0 Å². The third-order valence-corrected chi connectivity index (χ3v) is 5.56. The van der Waals surface area contributed by atoms with Crippen molar-refractivity contribution in [2.24, 2.45) is 5.92 Å². The molecule has 150 valence electrons. The molecule has 0 unspecified atom stereocenters. The maximum atomic E-state index is 13.0. The predicted octanol–water partition coefficient (Wildman–Crippen LogP) is 5.16. The normalized spacial score (nSPS) is 12.0. The number of Topliss-reactive ketones (excluding diaryl/α,β-unsaturated/α-hetero) is 1. The molecular weight excluding hydrogens is 380 g/mol. The van der Waals surface area contributed by atoms with Crippen molar-refractivity contribution in [3.8, 4) is 11.3 Å². The van der Waals surface area contributed by atoms with Crippen LogP contribution in [0.5, 0.6) is 0 Å². The molecule has 0 fully saturated rings. The Hall–Kier alpha value is -2.79. The summed E-state index contributed by atoms with van der Waals surface area (Å²) >= 11 is 1.49. The first-order chi connectivity index (χ1) is 14.0. The molecule has 0 radical (unpaired) electrons. The second-order valence-electron chi connectivity index (χ2n) is 7.50. The molecule has 4 nitrogen and oxygen atoms in total. The molecule has 0 aliphatic heterocycles. The van der Waals surface area contributed by atoms with Gasteiger partial charge in [0.15, 0.2) is 5.78 Å². The maximum Gasteiger partial charge on any atom is 0.251 e. The van der Waals surface area contributed by atoms with Crippen molar-refractivity contribution < 1.29 is 9.59 Å². The molecule has 2 aromatic carbocycles.